The van der Waals surface area contributed by atoms with Crippen LogP contribution in [0.5, 0.6) is 0 Å². The third-order valence-corrected chi connectivity index (χ3v) is 4.38. The molecule has 2 atom stereocenters. The zero-order valence-corrected chi connectivity index (χ0v) is 8.97. The Morgan fingerprint density at radius 1 is 1.00 bits per heavy atom. The molecular formula is C12H22O. The van der Waals surface area contributed by atoms with Crippen LogP contribution in [0.4, 0.5) is 0 Å². The van der Waals surface area contributed by atoms with Crippen LogP contribution < -0.4 is 0 Å². The number of hydrogen-bond acceptors (Lipinski definition) is 1. The molecule has 1 nitrogen and oxygen atoms in total. The van der Waals surface area contributed by atoms with Gasteiger partial charge in [-0.2, -0.15) is 0 Å². The van der Waals surface area contributed by atoms with Crippen LogP contribution in [-0.2, 0) is 0 Å². The molecule has 2 rings (SSSR count). The lowest BCUT2D eigenvalue weighted by Crippen LogP contribution is -2.50. The molecule has 2 saturated carbocycles. The molecule has 2 aliphatic carbocycles. The predicted octanol–water partition coefficient (Wildman–Crippen LogP) is 3.12. The van der Waals surface area contributed by atoms with Crippen LogP contribution in [-0.4, -0.2) is 10.7 Å². The summed E-state index contributed by atoms with van der Waals surface area (Å²) in [4.78, 5) is 0. The Morgan fingerprint density at radius 2 is 1.69 bits per heavy atom. The Morgan fingerprint density at radius 3 is 2.38 bits per heavy atom. The molecule has 0 aromatic rings. The monoisotopic (exact) mass is 182 g/mol. The highest BCUT2D eigenvalue weighted by molar-refractivity contribution is 5.00. The predicted molar refractivity (Wildman–Crippen MR) is 54.5 cm³/mol. The first-order valence-corrected chi connectivity index (χ1v) is 5.77. The summed E-state index contributed by atoms with van der Waals surface area (Å²) in [5.41, 5.74) is 0.0907. The van der Waals surface area contributed by atoms with Gasteiger partial charge in [-0.15, -0.1) is 0 Å². The normalized spacial score (nSPS) is 44.1. The van der Waals surface area contributed by atoms with Crippen LogP contribution in [0.3, 0.4) is 0 Å². The van der Waals surface area contributed by atoms with Gasteiger partial charge in [0.15, 0.2) is 0 Å². The molecule has 13 heavy (non-hydrogen) atoms. The van der Waals surface area contributed by atoms with Crippen molar-refractivity contribution in [3.8, 4) is 0 Å². The van der Waals surface area contributed by atoms with Crippen molar-refractivity contribution in [2.24, 2.45) is 11.3 Å². The highest BCUT2D eigenvalue weighted by Crippen LogP contribution is 2.52. The fraction of sp³-hybridized carbons (Fsp3) is 1.00. The average Bonchev–Trinajstić information content (AvgIpc) is 2.02. The Hall–Kier alpha value is -0.0400. The van der Waals surface area contributed by atoms with Gasteiger partial charge in [0.05, 0.1) is 5.60 Å². The molecule has 0 spiro atoms. The lowest BCUT2D eigenvalue weighted by molar-refractivity contribution is -0.125. The number of fused-ring (bicyclic) bond motifs is 1. The van der Waals surface area contributed by atoms with E-state index in [0.717, 1.165) is 12.8 Å². The van der Waals surface area contributed by atoms with Gasteiger partial charge < -0.3 is 5.11 Å². The zero-order valence-electron chi connectivity index (χ0n) is 8.97. The van der Waals surface area contributed by atoms with Gasteiger partial charge in [0.1, 0.15) is 0 Å². The summed E-state index contributed by atoms with van der Waals surface area (Å²) in [6, 6.07) is 0. The second-order valence-electron chi connectivity index (χ2n) is 5.74. The molecule has 1 heteroatoms. The Kier molecular flexibility index (Phi) is 2.18. The van der Waals surface area contributed by atoms with E-state index in [1.54, 1.807) is 0 Å². The summed E-state index contributed by atoms with van der Waals surface area (Å²) in [6.45, 7) is 4.68. The van der Waals surface area contributed by atoms with Crippen molar-refractivity contribution in [1.82, 2.24) is 0 Å². The first-order valence-electron chi connectivity index (χ1n) is 5.77. The van der Waals surface area contributed by atoms with Crippen molar-refractivity contribution < 1.29 is 5.11 Å². The first kappa shape index (κ1) is 9.51. The zero-order chi connectivity index (χ0) is 9.53. The minimum atomic E-state index is -0.292. The maximum absolute atomic E-state index is 10.5. The van der Waals surface area contributed by atoms with Crippen LogP contribution in [0.2, 0.25) is 0 Å². The molecule has 0 aromatic carbocycles. The average molecular weight is 182 g/mol. The van der Waals surface area contributed by atoms with Gasteiger partial charge >= 0.3 is 0 Å². The first-order chi connectivity index (χ1) is 6.05. The third-order valence-electron chi connectivity index (χ3n) is 4.38. The molecule has 0 aliphatic heterocycles. The van der Waals surface area contributed by atoms with Gasteiger partial charge in [0, 0.05) is 0 Å². The van der Waals surface area contributed by atoms with E-state index in [9.17, 15) is 5.11 Å². The summed E-state index contributed by atoms with van der Waals surface area (Å²) >= 11 is 0. The Bertz CT molecular complexity index is 193. The standard InChI is InChI=1S/C12H22O/c1-11(2)7-5-9-12(13)8-4-3-6-10(11)12/h10,13H,3-9H2,1-2H3. The van der Waals surface area contributed by atoms with Crippen molar-refractivity contribution in [3.05, 3.63) is 0 Å². The van der Waals surface area contributed by atoms with E-state index in [0.29, 0.717) is 11.3 Å². The second kappa shape index (κ2) is 2.98. The molecule has 0 aromatic heterocycles. The molecule has 2 aliphatic rings. The van der Waals surface area contributed by atoms with Gasteiger partial charge in [0.25, 0.3) is 0 Å². The molecule has 76 valence electrons. The summed E-state index contributed by atoms with van der Waals surface area (Å²) in [5.74, 6) is 0.572. The molecule has 2 unspecified atom stereocenters. The summed E-state index contributed by atoms with van der Waals surface area (Å²) < 4.78 is 0. The minimum Gasteiger partial charge on any atom is -0.390 e. The lowest BCUT2D eigenvalue weighted by atomic mass is 9.56. The Balaban J connectivity index is 2.21. The van der Waals surface area contributed by atoms with Crippen LogP contribution >= 0.6 is 0 Å². The van der Waals surface area contributed by atoms with Crippen LogP contribution in [0.15, 0.2) is 0 Å². The van der Waals surface area contributed by atoms with Crippen molar-refractivity contribution in [1.29, 1.82) is 0 Å². The molecule has 1 N–H and O–H groups in total. The largest absolute Gasteiger partial charge is 0.390 e. The molecule has 0 saturated heterocycles. The number of aliphatic hydroxyl groups is 1. The van der Waals surface area contributed by atoms with Crippen molar-refractivity contribution in [2.75, 3.05) is 0 Å². The molecule has 2 fully saturated rings. The Labute approximate surface area is 81.5 Å². The van der Waals surface area contributed by atoms with E-state index in [-0.39, 0.29) is 5.60 Å². The minimum absolute atomic E-state index is 0.292. The third kappa shape index (κ3) is 1.52. The SMILES string of the molecule is CC1(C)CCCC2(O)CCCCC12. The van der Waals surface area contributed by atoms with E-state index >= 15 is 0 Å². The summed E-state index contributed by atoms with van der Waals surface area (Å²) in [5, 5.41) is 10.5. The van der Waals surface area contributed by atoms with E-state index in [2.05, 4.69) is 13.8 Å². The second-order valence-corrected chi connectivity index (χ2v) is 5.74. The summed E-state index contributed by atoms with van der Waals surface area (Å²) in [6.07, 6.45) is 8.46. The maximum Gasteiger partial charge on any atom is 0.0680 e. The van der Waals surface area contributed by atoms with Gasteiger partial charge in [-0.3, -0.25) is 0 Å². The van der Waals surface area contributed by atoms with E-state index < -0.39 is 0 Å². The smallest absolute Gasteiger partial charge is 0.0680 e. The van der Waals surface area contributed by atoms with Crippen LogP contribution in [0.25, 0.3) is 0 Å². The van der Waals surface area contributed by atoms with E-state index in [1.807, 2.05) is 0 Å². The molecule has 0 bridgehead atoms. The maximum atomic E-state index is 10.5. The number of hydrogen-bond donors (Lipinski definition) is 1. The fourth-order valence-electron chi connectivity index (χ4n) is 3.66. The van der Waals surface area contributed by atoms with E-state index in [4.69, 9.17) is 0 Å². The fourth-order valence-corrected chi connectivity index (χ4v) is 3.66. The van der Waals surface area contributed by atoms with Crippen molar-refractivity contribution >= 4 is 0 Å². The molecule has 0 radical (unpaired) electrons. The molecule has 0 amide bonds. The highest BCUT2D eigenvalue weighted by Gasteiger charge is 2.48. The van der Waals surface area contributed by atoms with Gasteiger partial charge in [-0.05, 0) is 37.0 Å². The van der Waals surface area contributed by atoms with Gasteiger partial charge in [0.2, 0.25) is 0 Å². The summed E-state index contributed by atoms with van der Waals surface area (Å²) in [7, 11) is 0. The topological polar surface area (TPSA) is 20.2 Å². The molecular weight excluding hydrogens is 160 g/mol. The van der Waals surface area contributed by atoms with Gasteiger partial charge in [-0.25, -0.2) is 0 Å². The van der Waals surface area contributed by atoms with Crippen molar-refractivity contribution in [3.63, 3.8) is 0 Å². The highest BCUT2D eigenvalue weighted by atomic mass is 16.3. The van der Waals surface area contributed by atoms with Crippen molar-refractivity contribution in [2.45, 2.75) is 64.4 Å². The van der Waals surface area contributed by atoms with E-state index in [1.165, 1.54) is 32.1 Å². The van der Waals surface area contributed by atoms with Crippen LogP contribution in [0, 0.1) is 11.3 Å². The lowest BCUT2D eigenvalue weighted by Gasteiger charge is -2.52. The number of rotatable bonds is 0. The molecule has 0 heterocycles. The van der Waals surface area contributed by atoms with Crippen LogP contribution in [0.1, 0.15) is 58.8 Å². The quantitative estimate of drug-likeness (QED) is 0.610. The van der Waals surface area contributed by atoms with Gasteiger partial charge in [-0.1, -0.05) is 33.1 Å².